The molecule has 0 aromatic heterocycles. The predicted molar refractivity (Wildman–Crippen MR) is 114 cm³/mol. The fourth-order valence-corrected chi connectivity index (χ4v) is 2.02. The summed E-state index contributed by atoms with van der Waals surface area (Å²) in [6.45, 7) is 5.90. The lowest BCUT2D eigenvalue weighted by Crippen LogP contribution is -2.39. The number of benzene rings is 1. The van der Waals surface area contributed by atoms with Crippen molar-refractivity contribution in [1.29, 1.82) is 0 Å². The average Bonchev–Trinajstić information content (AvgIpc) is 2.54. The zero-order chi connectivity index (χ0) is 19.7. The molecule has 0 aliphatic rings. The van der Waals surface area contributed by atoms with Crippen molar-refractivity contribution in [3.05, 3.63) is 35.4 Å². The highest BCUT2D eigenvalue weighted by Gasteiger charge is 2.19. The van der Waals surface area contributed by atoms with Crippen LogP contribution in [0.5, 0.6) is 0 Å². The quantitative estimate of drug-likeness (QED) is 0.358. The Balaban J connectivity index is 0.00000676. The predicted octanol–water partition coefficient (Wildman–Crippen LogP) is 3.60. The smallest absolute Gasteiger partial charge is 0.410 e. The van der Waals surface area contributed by atoms with E-state index in [4.69, 9.17) is 4.74 Å². The first-order chi connectivity index (χ1) is 12.1. The molecule has 0 heterocycles. The van der Waals surface area contributed by atoms with Gasteiger partial charge in [-0.1, -0.05) is 24.3 Å². The summed E-state index contributed by atoms with van der Waals surface area (Å²) in [7, 11) is 3.21. The van der Waals surface area contributed by atoms with Crippen molar-refractivity contribution in [3.8, 4) is 0 Å². The Hall–Kier alpha value is -1.65. The van der Waals surface area contributed by atoms with Crippen LogP contribution in [0, 0.1) is 0 Å². The molecule has 27 heavy (non-hydrogen) atoms. The van der Waals surface area contributed by atoms with Crippen LogP contribution in [0.3, 0.4) is 0 Å². The molecular weight excluding hydrogens is 469 g/mol. The number of carbonyl (C=O) groups is 1. The third-order valence-corrected chi connectivity index (χ3v) is 3.26. The maximum absolute atomic E-state index is 12.2. The van der Waals surface area contributed by atoms with Gasteiger partial charge in [0.05, 0.1) is 6.54 Å². The summed E-state index contributed by atoms with van der Waals surface area (Å²) in [6, 6.07) is 7.64. The number of guanidine groups is 1. The average molecular weight is 498 g/mol. The van der Waals surface area contributed by atoms with Crippen molar-refractivity contribution < 1.29 is 18.3 Å². The molecule has 0 aliphatic carbocycles. The molecular formula is C18H29F2IN4O2. The van der Waals surface area contributed by atoms with Crippen LogP contribution in [0.15, 0.2) is 29.3 Å². The van der Waals surface area contributed by atoms with Crippen molar-refractivity contribution in [2.75, 3.05) is 20.6 Å². The lowest BCUT2D eigenvalue weighted by molar-refractivity contribution is 0.0285. The number of hydrogen-bond donors (Lipinski definition) is 2. The van der Waals surface area contributed by atoms with Crippen molar-refractivity contribution in [3.63, 3.8) is 0 Å². The lowest BCUT2D eigenvalue weighted by Gasteiger charge is -2.24. The highest BCUT2D eigenvalue weighted by molar-refractivity contribution is 14.0. The number of halogens is 3. The molecule has 0 unspecified atom stereocenters. The Bertz CT molecular complexity index is 604. The number of aliphatic imine (C=N–C) groups is 1. The van der Waals surface area contributed by atoms with E-state index in [2.05, 4.69) is 15.6 Å². The molecule has 1 rings (SSSR count). The number of carbonyl (C=O) groups excluding carboxylic acids is 1. The molecule has 6 nitrogen and oxygen atoms in total. The van der Waals surface area contributed by atoms with Gasteiger partial charge in [-0.3, -0.25) is 4.99 Å². The maximum Gasteiger partial charge on any atom is 0.410 e. The van der Waals surface area contributed by atoms with E-state index in [1.165, 1.54) is 11.9 Å². The lowest BCUT2D eigenvalue weighted by atomic mass is 10.1. The highest BCUT2D eigenvalue weighted by atomic mass is 127. The number of nitrogens with zero attached hydrogens (tertiary/aromatic N) is 2. The third-order valence-electron chi connectivity index (χ3n) is 3.26. The van der Waals surface area contributed by atoms with Gasteiger partial charge in [0.1, 0.15) is 5.60 Å². The van der Waals surface area contributed by atoms with E-state index < -0.39 is 18.6 Å². The molecule has 0 aliphatic heterocycles. The van der Waals surface area contributed by atoms with Gasteiger partial charge in [-0.2, -0.15) is 0 Å². The summed E-state index contributed by atoms with van der Waals surface area (Å²) in [5.41, 5.74) is 1.40. The molecule has 0 spiro atoms. The summed E-state index contributed by atoms with van der Waals surface area (Å²) < 4.78 is 29.7. The molecule has 154 valence electrons. The number of nitrogens with one attached hydrogen (secondary N) is 2. The second-order valence-electron chi connectivity index (χ2n) is 6.85. The number of ether oxygens (including phenoxy) is 1. The Kier molecular flexibility index (Phi) is 11.2. The zero-order valence-corrected chi connectivity index (χ0v) is 18.7. The van der Waals surface area contributed by atoms with E-state index in [0.29, 0.717) is 19.0 Å². The van der Waals surface area contributed by atoms with Crippen LogP contribution >= 0.6 is 24.0 Å². The largest absolute Gasteiger partial charge is 0.444 e. The van der Waals surface area contributed by atoms with Crippen LogP contribution in [0.1, 0.15) is 31.9 Å². The molecule has 1 aromatic rings. The van der Waals surface area contributed by atoms with Gasteiger partial charge in [0.25, 0.3) is 6.43 Å². The SMILES string of the molecule is CN=C(NCc1ccc(CN(C)C(=O)OC(C)(C)C)cc1)NCC(F)F.I. The van der Waals surface area contributed by atoms with Crippen LogP contribution in [-0.2, 0) is 17.8 Å². The number of alkyl halides is 2. The van der Waals surface area contributed by atoms with Gasteiger partial charge in [0, 0.05) is 27.2 Å². The minimum Gasteiger partial charge on any atom is -0.444 e. The van der Waals surface area contributed by atoms with E-state index in [1.54, 1.807) is 7.05 Å². The molecule has 0 fully saturated rings. The fourth-order valence-electron chi connectivity index (χ4n) is 2.02. The minimum absolute atomic E-state index is 0. The molecule has 0 saturated carbocycles. The summed E-state index contributed by atoms with van der Waals surface area (Å²) in [5, 5.41) is 5.50. The number of rotatable bonds is 6. The molecule has 2 N–H and O–H groups in total. The van der Waals surface area contributed by atoms with Gasteiger partial charge in [-0.05, 0) is 31.9 Å². The van der Waals surface area contributed by atoms with Crippen molar-refractivity contribution in [2.45, 2.75) is 45.9 Å². The Labute approximate surface area is 176 Å². The van der Waals surface area contributed by atoms with Crippen LogP contribution < -0.4 is 10.6 Å². The van der Waals surface area contributed by atoms with Crippen molar-refractivity contribution in [1.82, 2.24) is 15.5 Å². The van der Waals surface area contributed by atoms with E-state index in [-0.39, 0.29) is 30.1 Å². The maximum atomic E-state index is 12.2. The van der Waals surface area contributed by atoms with Crippen LogP contribution in [0.25, 0.3) is 0 Å². The Morgan fingerprint density at radius 2 is 1.74 bits per heavy atom. The summed E-state index contributed by atoms with van der Waals surface area (Å²) in [5.74, 6) is 0.319. The minimum atomic E-state index is -2.44. The topological polar surface area (TPSA) is 66.0 Å². The number of hydrogen-bond acceptors (Lipinski definition) is 3. The van der Waals surface area contributed by atoms with E-state index >= 15 is 0 Å². The molecule has 1 amide bonds. The standard InChI is InChI=1S/C18H28F2N4O2.HI/c1-18(2,3)26-17(25)24(5)12-14-8-6-13(7-9-14)10-22-16(21-4)23-11-15(19)20;/h6-9,15H,10-12H2,1-5H3,(H2,21,22,23);1H. The highest BCUT2D eigenvalue weighted by Crippen LogP contribution is 2.12. The summed E-state index contributed by atoms with van der Waals surface area (Å²) in [6.07, 6.45) is -2.81. The molecule has 0 bridgehead atoms. The monoisotopic (exact) mass is 498 g/mol. The first-order valence-corrected chi connectivity index (χ1v) is 8.35. The molecule has 9 heteroatoms. The molecule has 0 radical (unpaired) electrons. The van der Waals surface area contributed by atoms with Crippen LogP contribution in [0.2, 0.25) is 0 Å². The summed E-state index contributed by atoms with van der Waals surface area (Å²) in [4.78, 5) is 17.4. The van der Waals surface area contributed by atoms with E-state index in [1.807, 2.05) is 45.0 Å². The Morgan fingerprint density at radius 3 is 2.22 bits per heavy atom. The molecule has 1 aromatic carbocycles. The zero-order valence-electron chi connectivity index (χ0n) is 16.4. The first kappa shape index (κ1) is 25.4. The van der Waals surface area contributed by atoms with Gasteiger partial charge >= 0.3 is 6.09 Å². The van der Waals surface area contributed by atoms with Crippen molar-refractivity contribution >= 4 is 36.0 Å². The van der Waals surface area contributed by atoms with Gasteiger partial charge in [-0.25, -0.2) is 13.6 Å². The molecule has 0 saturated heterocycles. The van der Waals surface area contributed by atoms with E-state index in [0.717, 1.165) is 11.1 Å². The van der Waals surface area contributed by atoms with E-state index in [9.17, 15) is 13.6 Å². The fraction of sp³-hybridized carbons (Fsp3) is 0.556. The van der Waals surface area contributed by atoms with Crippen molar-refractivity contribution in [2.24, 2.45) is 4.99 Å². The van der Waals surface area contributed by atoms with Crippen LogP contribution in [0.4, 0.5) is 13.6 Å². The number of amides is 1. The molecule has 0 atom stereocenters. The third kappa shape index (κ3) is 10.9. The second-order valence-corrected chi connectivity index (χ2v) is 6.85. The van der Waals surface area contributed by atoms with Gasteiger partial charge in [0.15, 0.2) is 5.96 Å². The normalized spacial score (nSPS) is 11.6. The summed E-state index contributed by atoms with van der Waals surface area (Å²) >= 11 is 0. The van der Waals surface area contributed by atoms with Gasteiger partial charge in [0.2, 0.25) is 0 Å². The van der Waals surface area contributed by atoms with Gasteiger partial charge in [-0.15, -0.1) is 24.0 Å². The Morgan fingerprint density at radius 1 is 1.19 bits per heavy atom. The van der Waals surface area contributed by atoms with Gasteiger partial charge < -0.3 is 20.3 Å². The van der Waals surface area contributed by atoms with Crippen LogP contribution in [-0.4, -0.2) is 49.6 Å². The first-order valence-electron chi connectivity index (χ1n) is 8.35. The second kappa shape index (κ2) is 11.9.